The van der Waals surface area contributed by atoms with Crippen LogP contribution in [0.4, 0.5) is 5.82 Å². The summed E-state index contributed by atoms with van der Waals surface area (Å²) in [5.41, 5.74) is 0.899. The molecule has 0 amide bonds. The van der Waals surface area contributed by atoms with E-state index < -0.39 is 0 Å². The number of Topliss-reactive ketones (excluding diaryl/α,β-unsaturated/α-hetero) is 1. The number of rotatable bonds is 2. The Labute approximate surface area is 95.7 Å². The highest BCUT2D eigenvalue weighted by atomic mass is 16.1. The van der Waals surface area contributed by atoms with Gasteiger partial charge in [-0.2, -0.15) is 0 Å². The molecule has 2 heterocycles. The molecule has 1 atom stereocenters. The lowest BCUT2D eigenvalue weighted by atomic mass is 9.99. The maximum absolute atomic E-state index is 11.6. The van der Waals surface area contributed by atoms with Crippen LogP contribution in [-0.4, -0.2) is 28.3 Å². The van der Waals surface area contributed by atoms with Gasteiger partial charge in [0.2, 0.25) is 0 Å². The van der Waals surface area contributed by atoms with E-state index in [1.807, 2.05) is 6.92 Å². The number of carbonyl (C=O) groups is 1. The minimum Gasteiger partial charge on any atom is -0.345 e. The Balaban J connectivity index is 2.30. The molecule has 0 bridgehead atoms. The quantitative estimate of drug-likeness (QED) is 0.760. The van der Waals surface area contributed by atoms with Crippen LogP contribution in [0, 0.1) is 6.92 Å². The molecule has 1 aliphatic rings. The topological polar surface area (TPSA) is 46.1 Å². The van der Waals surface area contributed by atoms with Crippen LogP contribution < -0.4 is 4.90 Å². The molecular weight excluding hydrogens is 202 g/mol. The predicted octanol–water partition coefficient (Wildman–Crippen LogP) is 1.73. The Morgan fingerprint density at radius 3 is 2.81 bits per heavy atom. The van der Waals surface area contributed by atoms with Gasteiger partial charge in [-0.15, -0.1) is 0 Å². The molecule has 1 saturated heterocycles. The van der Waals surface area contributed by atoms with E-state index in [2.05, 4.69) is 14.9 Å². The van der Waals surface area contributed by atoms with Gasteiger partial charge >= 0.3 is 0 Å². The van der Waals surface area contributed by atoms with Crippen LogP contribution in [-0.2, 0) is 4.79 Å². The number of anilines is 1. The molecule has 0 aromatic carbocycles. The first-order chi connectivity index (χ1) is 7.70. The molecule has 0 aliphatic carbocycles. The Hall–Kier alpha value is -1.45. The molecule has 16 heavy (non-hydrogen) atoms. The summed E-state index contributed by atoms with van der Waals surface area (Å²) in [5, 5.41) is 0. The standard InChI is InChI=1S/C12H17N3O/c1-9-12(14-7-6-13-9)15-8-4-3-5-11(15)10(2)16/h6-7,11H,3-5,8H2,1-2H3. The summed E-state index contributed by atoms with van der Waals surface area (Å²) in [5.74, 6) is 1.09. The number of hydrogen-bond acceptors (Lipinski definition) is 4. The van der Waals surface area contributed by atoms with E-state index in [9.17, 15) is 4.79 Å². The number of hydrogen-bond donors (Lipinski definition) is 0. The summed E-state index contributed by atoms with van der Waals surface area (Å²) >= 11 is 0. The molecule has 1 aromatic rings. The van der Waals surface area contributed by atoms with Gasteiger partial charge in [-0.25, -0.2) is 4.98 Å². The second-order valence-corrected chi connectivity index (χ2v) is 4.28. The van der Waals surface area contributed by atoms with E-state index in [1.165, 1.54) is 0 Å². The fraction of sp³-hybridized carbons (Fsp3) is 0.583. The molecule has 1 aromatic heterocycles. The van der Waals surface area contributed by atoms with Crippen molar-refractivity contribution in [3.05, 3.63) is 18.1 Å². The van der Waals surface area contributed by atoms with Crippen molar-refractivity contribution in [1.82, 2.24) is 9.97 Å². The maximum atomic E-state index is 11.6. The Kier molecular flexibility index (Phi) is 3.17. The van der Waals surface area contributed by atoms with Crippen molar-refractivity contribution in [3.63, 3.8) is 0 Å². The zero-order chi connectivity index (χ0) is 11.5. The van der Waals surface area contributed by atoms with Crippen LogP contribution >= 0.6 is 0 Å². The van der Waals surface area contributed by atoms with E-state index >= 15 is 0 Å². The summed E-state index contributed by atoms with van der Waals surface area (Å²) in [7, 11) is 0. The second-order valence-electron chi connectivity index (χ2n) is 4.28. The highest BCUT2D eigenvalue weighted by Gasteiger charge is 2.27. The molecule has 1 aliphatic heterocycles. The zero-order valence-electron chi connectivity index (χ0n) is 9.81. The summed E-state index contributed by atoms with van der Waals surface area (Å²) in [6.07, 6.45) is 6.56. The van der Waals surface area contributed by atoms with Gasteiger partial charge in [-0.1, -0.05) is 0 Å². The van der Waals surface area contributed by atoms with E-state index in [4.69, 9.17) is 0 Å². The lowest BCUT2D eigenvalue weighted by molar-refractivity contribution is -0.118. The Bertz CT molecular complexity index is 392. The normalized spacial score (nSPS) is 20.9. The molecule has 86 valence electrons. The van der Waals surface area contributed by atoms with Gasteiger partial charge in [-0.05, 0) is 33.1 Å². The number of carbonyl (C=O) groups excluding carboxylic acids is 1. The minimum absolute atomic E-state index is 0.0100. The minimum atomic E-state index is -0.0100. The molecule has 4 nitrogen and oxygen atoms in total. The van der Waals surface area contributed by atoms with Gasteiger partial charge < -0.3 is 4.90 Å². The monoisotopic (exact) mass is 219 g/mol. The van der Waals surface area contributed by atoms with Crippen molar-refractivity contribution >= 4 is 11.6 Å². The molecule has 0 saturated carbocycles. The molecule has 0 radical (unpaired) electrons. The molecular formula is C12H17N3O. The van der Waals surface area contributed by atoms with Crippen molar-refractivity contribution < 1.29 is 4.79 Å². The van der Waals surface area contributed by atoms with Crippen LogP contribution in [0.1, 0.15) is 31.9 Å². The number of nitrogens with zero attached hydrogens (tertiary/aromatic N) is 3. The third kappa shape index (κ3) is 2.05. The van der Waals surface area contributed by atoms with Gasteiger partial charge in [0.15, 0.2) is 11.6 Å². The van der Waals surface area contributed by atoms with Crippen molar-refractivity contribution in [3.8, 4) is 0 Å². The summed E-state index contributed by atoms with van der Waals surface area (Å²) in [6, 6.07) is -0.0100. The SMILES string of the molecule is CC(=O)C1CCCCN1c1nccnc1C. The molecule has 4 heteroatoms. The number of aromatic nitrogens is 2. The average Bonchev–Trinajstić information content (AvgIpc) is 2.29. The lowest BCUT2D eigenvalue weighted by Crippen LogP contribution is -2.44. The van der Waals surface area contributed by atoms with Crippen LogP contribution in [0.25, 0.3) is 0 Å². The molecule has 1 fully saturated rings. The van der Waals surface area contributed by atoms with Gasteiger partial charge in [0, 0.05) is 18.9 Å². The van der Waals surface area contributed by atoms with Crippen LogP contribution in [0.15, 0.2) is 12.4 Å². The second kappa shape index (κ2) is 4.60. The molecule has 1 unspecified atom stereocenters. The Morgan fingerprint density at radius 1 is 1.38 bits per heavy atom. The molecule has 0 spiro atoms. The van der Waals surface area contributed by atoms with Gasteiger partial charge in [-0.3, -0.25) is 9.78 Å². The average molecular weight is 219 g/mol. The Morgan fingerprint density at radius 2 is 2.12 bits per heavy atom. The van der Waals surface area contributed by atoms with Crippen LogP contribution in [0.5, 0.6) is 0 Å². The highest BCUT2D eigenvalue weighted by Crippen LogP contribution is 2.24. The third-order valence-corrected chi connectivity index (χ3v) is 3.10. The van der Waals surface area contributed by atoms with Crippen LogP contribution in [0.2, 0.25) is 0 Å². The van der Waals surface area contributed by atoms with E-state index in [1.54, 1.807) is 19.3 Å². The fourth-order valence-corrected chi connectivity index (χ4v) is 2.29. The van der Waals surface area contributed by atoms with Crippen molar-refractivity contribution in [2.75, 3.05) is 11.4 Å². The van der Waals surface area contributed by atoms with Gasteiger partial charge in [0.1, 0.15) is 0 Å². The van der Waals surface area contributed by atoms with Crippen molar-refractivity contribution in [2.24, 2.45) is 0 Å². The number of piperidine rings is 1. The number of aryl methyl sites for hydroxylation is 1. The van der Waals surface area contributed by atoms with E-state index in [-0.39, 0.29) is 11.8 Å². The van der Waals surface area contributed by atoms with Crippen LogP contribution in [0.3, 0.4) is 0 Å². The smallest absolute Gasteiger partial charge is 0.152 e. The third-order valence-electron chi connectivity index (χ3n) is 3.10. The fourth-order valence-electron chi connectivity index (χ4n) is 2.29. The lowest BCUT2D eigenvalue weighted by Gasteiger charge is -2.35. The number of ketones is 1. The molecule has 0 N–H and O–H groups in total. The molecule has 2 rings (SSSR count). The van der Waals surface area contributed by atoms with Gasteiger partial charge in [0.25, 0.3) is 0 Å². The van der Waals surface area contributed by atoms with Crippen molar-refractivity contribution in [2.45, 2.75) is 39.2 Å². The van der Waals surface area contributed by atoms with Gasteiger partial charge in [0.05, 0.1) is 11.7 Å². The first kappa shape index (κ1) is 11.0. The maximum Gasteiger partial charge on any atom is 0.152 e. The zero-order valence-corrected chi connectivity index (χ0v) is 9.81. The highest BCUT2D eigenvalue weighted by molar-refractivity contribution is 5.85. The summed E-state index contributed by atoms with van der Waals surface area (Å²) in [6.45, 7) is 4.51. The summed E-state index contributed by atoms with van der Waals surface area (Å²) in [4.78, 5) is 22.3. The first-order valence-corrected chi connectivity index (χ1v) is 5.75. The summed E-state index contributed by atoms with van der Waals surface area (Å²) < 4.78 is 0. The first-order valence-electron chi connectivity index (χ1n) is 5.75. The predicted molar refractivity (Wildman–Crippen MR) is 62.4 cm³/mol. The largest absolute Gasteiger partial charge is 0.345 e. The van der Waals surface area contributed by atoms with E-state index in [0.717, 1.165) is 37.3 Å². The van der Waals surface area contributed by atoms with E-state index in [0.29, 0.717) is 0 Å². The van der Waals surface area contributed by atoms with Crippen molar-refractivity contribution in [1.29, 1.82) is 0 Å².